The van der Waals surface area contributed by atoms with Gasteiger partial charge in [0.25, 0.3) is 5.91 Å². The lowest BCUT2D eigenvalue weighted by Gasteiger charge is -2.23. The number of benzene rings is 1. The van der Waals surface area contributed by atoms with Crippen LogP contribution in [0.25, 0.3) is 22.6 Å². The van der Waals surface area contributed by atoms with Crippen LogP contribution in [0.1, 0.15) is 30.0 Å². The molecule has 13 heteroatoms. The topological polar surface area (TPSA) is 166 Å². The maximum absolute atomic E-state index is 15.8. The molecule has 3 amide bonds. The summed E-state index contributed by atoms with van der Waals surface area (Å²) in [5, 5.41) is 14.4. The fraction of sp³-hybridized carbons (Fsp3) is 0.167. The maximum Gasteiger partial charge on any atom is 0.325 e. The molecule has 5 N–H and O–H groups in total. The summed E-state index contributed by atoms with van der Waals surface area (Å²) in [4.78, 5) is 37.5. The van der Waals surface area contributed by atoms with Crippen LogP contribution in [0.4, 0.5) is 25.1 Å². The van der Waals surface area contributed by atoms with Crippen molar-refractivity contribution in [2.75, 3.05) is 4.90 Å². The van der Waals surface area contributed by atoms with Crippen molar-refractivity contribution in [3.8, 4) is 22.6 Å². The number of amides is 3. The summed E-state index contributed by atoms with van der Waals surface area (Å²) < 4.78 is 32.4. The van der Waals surface area contributed by atoms with Crippen molar-refractivity contribution in [3.05, 3.63) is 71.8 Å². The van der Waals surface area contributed by atoms with Crippen LogP contribution in [-0.4, -0.2) is 41.8 Å². The lowest BCUT2D eigenvalue weighted by atomic mass is 10.1. The first-order valence-electron chi connectivity index (χ1n) is 10.8. The number of carbonyl (C=O) groups excluding carboxylic acids is 2. The van der Waals surface area contributed by atoms with Crippen LogP contribution in [0.3, 0.4) is 0 Å². The highest BCUT2D eigenvalue weighted by molar-refractivity contribution is 6.01. The van der Waals surface area contributed by atoms with Crippen LogP contribution in [-0.2, 0) is 12.6 Å². The predicted molar refractivity (Wildman–Crippen MR) is 129 cm³/mol. The van der Waals surface area contributed by atoms with Crippen LogP contribution in [0.15, 0.2) is 48.8 Å². The Labute approximate surface area is 209 Å². The first-order chi connectivity index (χ1) is 17.4. The minimum Gasteiger partial charge on any atom is -0.382 e. The van der Waals surface area contributed by atoms with E-state index in [0.717, 1.165) is 12.1 Å². The molecule has 3 aromatic heterocycles. The molecule has 0 aliphatic rings. The first-order valence-corrected chi connectivity index (χ1v) is 10.8. The number of urea groups is 1. The van der Waals surface area contributed by atoms with Crippen molar-refractivity contribution in [2.24, 2.45) is 18.5 Å². The van der Waals surface area contributed by atoms with E-state index in [1.165, 1.54) is 42.9 Å². The lowest BCUT2D eigenvalue weighted by Crippen LogP contribution is -2.34. The third-order valence-electron chi connectivity index (χ3n) is 5.32. The molecule has 4 aromatic rings. The minimum atomic E-state index is -1.43. The number of anilines is 2. The number of hydrogen-bond donors (Lipinski definition) is 3. The fourth-order valence-electron chi connectivity index (χ4n) is 3.59. The van der Waals surface area contributed by atoms with Crippen molar-refractivity contribution in [2.45, 2.75) is 19.4 Å². The van der Waals surface area contributed by atoms with Gasteiger partial charge in [0.15, 0.2) is 11.6 Å². The van der Waals surface area contributed by atoms with E-state index < -0.39 is 34.9 Å². The van der Waals surface area contributed by atoms with Crippen LogP contribution in [0.2, 0.25) is 0 Å². The van der Waals surface area contributed by atoms with E-state index in [0.29, 0.717) is 4.90 Å². The van der Waals surface area contributed by atoms with E-state index in [2.05, 4.69) is 20.1 Å². The van der Waals surface area contributed by atoms with Gasteiger partial charge in [0.2, 0.25) is 0 Å². The second-order valence-electron chi connectivity index (χ2n) is 8.56. The molecule has 37 heavy (non-hydrogen) atoms. The summed E-state index contributed by atoms with van der Waals surface area (Å²) in [5.74, 6) is -3.38. The van der Waals surface area contributed by atoms with Gasteiger partial charge in [0, 0.05) is 25.0 Å². The molecule has 0 atom stereocenters. The zero-order chi connectivity index (χ0) is 27.1. The number of aryl methyl sites for hydroxylation is 1. The van der Waals surface area contributed by atoms with Gasteiger partial charge in [-0.3, -0.25) is 9.48 Å². The van der Waals surface area contributed by atoms with E-state index >= 15 is 8.78 Å². The Kier molecular flexibility index (Phi) is 6.40. The number of nitrogens with zero attached hydrogens (tertiary/aromatic N) is 6. The second kappa shape index (κ2) is 9.35. The fourth-order valence-corrected chi connectivity index (χ4v) is 3.59. The van der Waals surface area contributed by atoms with Gasteiger partial charge in [-0.05, 0) is 50.2 Å². The van der Waals surface area contributed by atoms with Gasteiger partial charge in [-0.15, -0.1) is 0 Å². The Morgan fingerprint density at radius 3 is 2.35 bits per heavy atom. The first kappa shape index (κ1) is 25.3. The van der Waals surface area contributed by atoms with E-state index in [1.807, 2.05) is 0 Å². The lowest BCUT2D eigenvalue weighted by molar-refractivity contribution is 0.0688. The highest BCUT2D eigenvalue weighted by Crippen LogP contribution is 2.36. The number of primary amides is 2. The highest BCUT2D eigenvalue weighted by atomic mass is 19.1. The van der Waals surface area contributed by atoms with Crippen molar-refractivity contribution in [1.82, 2.24) is 24.7 Å². The molecular formula is C24H22F2N8O3. The van der Waals surface area contributed by atoms with Crippen LogP contribution in [0, 0.1) is 11.6 Å². The number of carbonyl (C=O) groups is 2. The van der Waals surface area contributed by atoms with Gasteiger partial charge in [-0.1, -0.05) is 0 Å². The summed E-state index contributed by atoms with van der Waals surface area (Å²) in [6.45, 7) is 2.90. The third-order valence-corrected chi connectivity index (χ3v) is 5.32. The number of halogens is 2. The predicted octanol–water partition coefficient (Wildman–Crippen LogP) is 2.76. The van der Waals surface area contributed by atoms with Crippen molar-refractivity contribution < 1.29 is 23.5 Å². The molecule has 3 heterocycles. The van der Waals surface area contributed by atoms with Crippen molar-refractivity contribution in [3.63, 3.8) is 0 Å². The number of pyridine rings is 1. The smallest absolute Gasteiger partial charge is 0.325 e. The summed E-state index contributed by atoms with van der Waals surface area (Å²) in [5.41, 5.74) is 8.79. The zero-order valence-electron chi connectivity index (χ0n) is 20.0. The standard InChI is InChI=1S/C24H22F2N8O3/c1-24(2,37)22-29-10-8-15(30-22)12-4-6-14(25)20(18(12)26)34(23(28)36)17-7-5-13(21(27)35)19(31-17)16-9-11-33(3)32-16/h4-11,37H,1-3H3,(H2,27,35)(H2,28,36). The molecule has 190 valence electrons. The Bertz CT molecular complexity index is 1530. The number of rotatable bonds is 6. The summed E-state index contributed by atoms with van der Waals surface area (Å²) >= 11 is 0. The average molecular weight is 508 g/mol. The van der Waals surface area contributed by atoms with Gasteiger partial charge < -0.3 is 16.6 Å². The molecule has 0 fully saturated rings. The Morgan fingerprint density at radius 1 is 1.03 bits per heavy atom. The monoisotopic (exact) mass is 508 g/mol. The Hall–Kier alpha value is -4.78. The molecule has 4 rings (SSSR count). The highest BCUT2D eigenvalue weighted by Gasteiger charge is 2.29. The summed E-state index contributed by atoms with van der Waals surface area (Å²) in [6.07, 6.45) is 2.90. The number of aliphatic hydroxyl groups is 1. The van der Waals surface area contributed by atoms with E-state index in [4.69, 9.17) is 11.5 Å². The van der Waals surface area contributed by atoms with E-state index in [1.54, 1.807) is 19.3 Å². The van der Waals surface area contributed by atoms with Gasteiger partial charge in [-0.2, -0.15) is 5.10 Å². The van der Waals surface area contributed by atoms with Crippen LogP contribution in [0.5, 0.6) is 0 Å². The summed E-state index contributed by atoms with van der Waals surface area (Å²) in [7, 11) is 1.64. The SMILES string of the molecule is Cn1ccc(-c2nc(N(C(N)=O)c3c(F)ccc(-c4ccnc(C(C)(C)O)n4)c3F)ccc2C(N)=O)n1. The molecule has 0 unspecified atom stereocenters. The molecular weight excluding hydrogens is 486 g/mol. The van der Waals surface area contributed by atoms with E-state index in [9.17, 15) is 14.7 Å². The molecule has 0 spiro atoms. The molecule has 0 radical (unpaired) electrons. The average Bonchev–Trinajstić information content (AvgIpc) is 3.26. The third kappa shape index (κ3) is 4.84. The normalized spacial score (nSPS) is 11.4. The molecule has 0 bridgehead atoms. The minimum absolute atomic E-state index is 0.00532. The Balaban J connectivity index is 1.91. The quantitative estimate of drug-likeness (QED) is 0.360. The number of hydrogen-bond acceptors (Lipinski definition) is 7. The molecule has 0 aliphatic heterocycles. The molecule has 11 nitrogen and oxygen atoms in total. The van der Waals surface area contributed by atoms with Crippen LogP contribution >= 0.6 is 0 Å². The molecule has 0 aliphatic carbocycles. The summed E-state index contributed by atoms with van der Waals surface area (Å²) in [6, 6.07) is 6.17. The van der Waals surface area contributed by atoms with Crippen molar-refractivity contribution >= 4 is 23.4 Å². The molecule has 0 saturated heterocycles. The van der Waals surface area contributed by atoms with Gasteiger partial charge in [0.1, 0.15) is 34.3 Å². The number of aromatic nitrogens is 5. The molecule has 0 saturated carbocycles. The second-order valence-corrected chi connectivity index (χ2v) is 8.56. The van der Waals surface area contributed by atoms with Gasteiger partial charge in [0.05, 0.1) is 11.3 Å². The zero-order valence-corrected chi connectivity index (χ0v) is 20.0. The van der Waals surface area contributed by atoms with Gasteiger partial charge >= 0.3 is 6.03 Å². The Morgan fingerprint density at radius 2 is 1.76 bits per heavy atom. The van der Waals surface area contributed by atoms with Gasteiger partial charge in [-0.25, -0.2) is 33.4 Å². The number of nitrogens with two attached hydrogens (primary N) is 2. The van der Waals surface area contributed by atoms with Crippen molar-refractivity contribution in [1.29, 1.82) is 0 Å². The van der Waals surface area contributed by atoms with Crippen LogP contribution < -0.4 is 16.4 Å². The maximum atomic E-state index is 15.8. The van der Waals surface area contributed by atoms with E-state index in [-0.39, 0.29) is 39.9 Å². The molecule has 1 aromatic carbocycles. The largest absolute Gasteiger partial charge is 0.382 e.